The molecule has 5 nitrogen and oxygen atoms in total. The highest BCUT2D eigenvalue weighted by molar-refractivity contribution is 7.99. The van der Waals surface area contributed by atoms with E-state index in [1.807, 2.05) is 33.2 Å². The van der Waals surface area contributed by atoms with Crippen LogP contribution in [-0.2, 0) is 7.05 Å². The van der Waals surface area contributed by atoms with Crippen LogP contribution in [0.15, 0.2) is 28.4 Å². The standard InChI is InChI=1S/C12H15N5S/c1-7-4-8(2)16-12(10(7)11(13)14)18-9-5-15-17(3)6-9/h4-6H,1-3H3,(H3,13,14). The lowest BCUT2D eigenvalue weighted by atomic mass is 10.1. The van der Waals surface area contributed by atoms with Gasteiger partial charge in [-0.15, -0.1) is 0 Å². The molecule has 0 aliphatic heterocycles. The summed E-state index contributed by atoms with van der Waals surface area (Å²) in [6.07, 6.45) is 3.68. The number of nitrogen functional groups attached to an aromatic ring is 1. The zero-order valence-electron chi connectivity index (χ0n) is 10.6. The molecule has 0 saturated heterocycles. The van der Waals surface area contributed by atoms with E-state index < -0.39 is 0 Å². The van der Waals surface area contributed by atoms with Gasteiger partial charge >= 0.3 is 0 Å². The summed E-state index contributed by atoms with van der Waals surface area (Å²) in [6, 6.07) is 1.93. The SMILES string of the molecule is Cc1cc(C)c(C(=N)N)c(Sc2cnn(C)c2)n1. The van der Waals surface area contributed by atoms with Crippen LogP contribution in [0.5, 0.6) is 0 Å². The second kappa shape index (κ2) is 4.81. The van der Waals surface area contributed by atoms with Crippen molar-refractivity contribution in [3.05, 3.63) is 35.3 Å². The van der Waals surface area contributed by atoms with E-state index in [0.29, 0.717) is 5.56 Å². The Labute approximate surface area is 110 Å². The fraction of sp³-hybridized carbons (Fsp3) is 0.250. The molecule has 0 aromatic carbocycles. The number of hydrogen-bond acceptors (Lipinski definition) is 4. The molecule has 2 aromatic rings. The van der Waals surface area contributed by atoms with Crippen molar-refractivity contribution in [2.45, 2.75) is 23.8 Å². The molecule has 0 bridgehead atoms. The highest BCUT2D eigenvalue weighted by Gasteiger charge is 2.13. The maximum Gasteiger partial charge on any atom is 0.125 e. The molecule has 0 amide bonds. The molecule has 3 N–H and O–H groups in total. The zero-order chi connectivity index (χ0) is 13.3. The van der Waals surface area contributed by atoms with Crippen LogP contribution >= 0.6 is 11.8 Å². The first-order chi connectivity index (χ1) is 8.47. The minimum Gasteiger partial charge on any atom is -0.384 e. The topological polar surface area (TPSA) is 80.6 Å². The Morgan fingerprint density at radius 3 is 2.72 bits per heavy atom. The number of pyridine rings is 1. The van der Waals surface area contributed by atoms with Gasteiger partial charge in [0.1, 0.15) is 10.9 Å². The summed E-state index contributed by atoms with van der Waals surface area (Å²) >= 11 is 1.48. The summed E-state index contributed by atoms with van der Waals surface area (Å²) in [6.45, 7) is 3.88. The van der Waals surface area contributed by atoms with Crippen LogP contribution in [0.3, 0.4) is 0 Å². The van der Waals surface area contributed by atoms with Crippen LogP contribution in [0, 0.1) is 19.3 Å². The van der Waals surface area contributed by atoms with Gasteiger partial charge in [0.2, 0.25) is 0 Å². The highest BCUT2D eigenvalue weighted by Crippen LogP contribution is 2.30. The molecule has 0 fully saturated rings. The van der Waals surface area contributed by atoms with Gasteiger partial charge in [-0.2, -0.15) is 5.10 Å². The molecule has 0 saturated carbocycles. The normalized spacial score (nSPS) is 10.6. The lowest BCUT2D eigenvalue weighted by Crippen LogP contribution is -2.15. The van der Waals surface area contributed by atoms with Gasteiger partial charge in [0.05, 0.1) is 16.7 Å². The van der Waals surface area contributed by atoms with Crippen LogP contribution in [0.25, 0.3) is 0 Å². The van der Waals surface area contributed by atoms with Gasteiger partial charge < -0.3 is 5.73 Å². The number of hydrogen-bond donors (Lipinski definition) is 2. The van der Waals surface area contributed by atoms with Gasteiger partial charge in [0, 0.05) is 18.9 Å². The molecule has 0 radical (unpaired) electrons. The molecule has 6 heteroatoms. The third kappa shape index (κ3) is 2.53. The van der Waals surface area contributed by atoms with E-state index in [9.17, 15) is 0 Å². The number of aryl methyl sites for hydroxylation is 3. The van der Waals surface area contributed by atoms with Crippen LogP contribution in [-0.4, -0.2) is 20.6 Å². The van der Waals surface area contributed by atoms with Crippen molar-refractivity contribution < 1.29 is 0 Å². The second-order valence-corrected chi connectivity index (χ2v) is 5.19. The van der Waals surface area contributed by atoms with Crippen molar-refractivity contribution in [1.29, 1.82) is 5.41 Å². The van der Waals surface area contributed by atoms with Crippen molar-refractivity contribution in [2.24, 2.45) is 12.8 Å². The Morgan fingerprint density at radius 1 is 1.44 bits per heavy atom. The summed E-state index contributed by atoms with van der Waals surface area (Å²) in [7, 11) is 1.87. The molecular weight excluding hydrogens is 246 g/mol. The predicted molar refractivity (Wildman–Crippen MR) is 72.1 cm³/mol. The van der Waals surface area contributed by atoms with Crippen molar-refractivity contribution in [3.8, 4) is 0 Å². The minimum absolute atomic E-state index is 0.0476. The Morgan fingerprint density at radius 2 is 2.17 bits per heavy atom. The summed E-state index contributed by atoms with van der Waals surface area (Å²) in [5.74, 6) is 0.0476. The molecule has 0 aliphatic rings. The largest absolute Gasteiger partial charge is 0.384 e. The smallest absolute Gasteiger partial charge is 0.125 e. The van der Waals surface area contributed by atoms with E-state index in [1.165, 1.54) is 11.8 Å². The second-order valence-electron chi connectivity index (χ2n) is 4.13. The van der Waals surface area contributed by atoms with Gasteiger partial charge in [0.25, 0.3) is 0 Å². The van der Waals surface area contributed by atoms with E-state index in [2.05, 4.69) is 10.1 Å². The Bertz CT molecular complexity index is 603. The molecule has 18 heavy (non-hydrogen) atoms. The van der Waals surface area contributed by atoms with E-state index in [1.54, 1.807) is 10.9 Å². The van der Waals surface area contributed by atoms with Gasteiger partial charge in [-0.25, -0.2) is 4.98 Å². The Hall–Kier alpha value is -1.82. The lowest BCUT2D eigenvalue weighted by molar-refractivity contribution is 0.766. The van der Waals surface area contributed by atoms with Crippen molar-refractivity contribution in [1.82, 2.24) is 14.8 Å². The number of nitrogens with zero attached hydrogens (tertiary/aromatic N) is 3. The summed E-state index contributed by atoms with van der Waals surface area (Å²) in [4.78, 5) is 5.45. The first-order valence-electron chi connectivity index (χ1n) is 5.46. The zero-order valence-corrected chi connectivity index (χ0v) is 11.4. The maximum atomic E-state index is 7.66. The maximum absolute atomic E-state index is 7.66. The van der Waals surface area contributed by atoms with Crippen LogP contribution < -0.4 is 5.73 Å². The molecule has 0 spiro atoms. The van der Waals surface area contributed by atoms with Gasteiger partial charge in [0.15, 0.2) is 0 Å². The van der Waals surface area contributed by atoms with Crippen molar-refractivity contribution in [3.63, 3.8) is 0 Å². The van der Waals surface area contributed by atoms with Gasteiger partial charge in [-0.3, -0.25) is 10.1 Å². The fourth-order valence-corrected chi connectivity index (χ4v) is 2.86. The molecular formula is C12H15N5S. The molecule has 94 valence electrons. The van der Waals surface area contributed by atoms with Crippen LogP contribution in [0.2, 0.25) is 0 Å². The first-order valence-corrected chi connectivity index (χ1v) is 6.28. The fourth-order valence-electron chi connectivity index (χ4n) is 1.77. The van der Waals surface area contributed by atoms with Gasteiger partial charge in [-0.1, -0.05) is 11.8 Å². The number of aromatic nitrogens is 3. The highest BCUT2D eigenvalue weighted by atomic mass is 32.2. The summed E-state index contributed by atoms with van der Waals surface area (Å²) in [5.41, 5.74) is 8.23. The number of rotatable bonds is 3. The van der Waals surface area contributed by atoms with E-state index >= 15 is 0 Å². The quantitative estimate of drug-likeness (QED) is 0.653. The molecule has 0 unspecified atom stereocenters. The molecule has 0 atom stereocenters. The molecule has 0 aliphatic carbocycles. The molecule has 2 aromatic heterocycles. The number of nitrogens with one attached hydrogen (secondary N) is 1. The van der Waals surface area contributed by atoms with Crippen molar-refractivity contribution in [2.75, 3.05) is 0 Å². The van der Waals surface area contributed by atoms with Gasteiger partial charge in [-0.05, 0) is 25.5 Å². The third-order valence-electron chi connectivity index (χ3n) is 2.48. The number of nitrogens with two attached hydrogens (primary N) is 1. The van der Waals surface area contributed by atoms with E-state index in [0.717, 1.165) is 21.2 Å². The Kier molecular flexibility index (Phi) is 3.38. The molecule has 2 heterocycles. The van der Waals surface area contributed by atoms with Crippen LogP contribution in [0.1, 0.15) is 16.8 Å². The summed E-state index contributed by atoms with van der Waals surface area (Å²) in [5, 5.41) is 12.5. The minimum atomic E-state index is 0.0476. The van der Waals surface area contributed by atoms with Crippen molar-refractivity contribution >= 4 is 17.6 Å². The van der Waals surface area contributed by atoms with E-state index in [4.69, 9.17) is 11.1 Å². The van der Waals surface area contributed by atoms with Crippen LogP contribution in [0.4, 0.5) is 0 Å². The van der Waals surface area contributed by atoms with E-state index in [-0.39, 0.29) is 5.84 Å². The lowest BCUT2D eigenvalue weighted by Gasteiger charge is -2.10. The predicted octanol–water partition coefficient (Wildman–Crippen LogP) is 1.87. The third-order valence-corrected chi connectivity index (χ3v) is 3.41. The molecule has 2 rings (SSSR count). The first kappa shape index (κ1) is 12.6. The average Bonchev–Trinajstić information content (AvgIpc) is 2.62. The summed E-state index contributed by atoms with van der Waals surface area (Å²) < 4.78 is 1.73. The Balaban J connectivity index is 2.45. The number of amidine groups is 1. The monoisotopic (exact) mass is 261 g/mol. The average molecular weight is 261 g/mol.